The molecule has 22 heavy (non-hydrogen) atoms. The molecule has 0 aromatic carbocycles. The van der Waals surface area contributed by atoms with E-state index in [2.05, 4.69) is 28.0 Å². The van der Waals surface area contributed by atoms with Gasteiger partial charge in [0.25, 0.3) is 0 Å². The fourth-order valence-corrected chi connectivity index (χ4v) is 1.53. The Morgan fingerprint density at radius 3 is 2.50 bits per heavy atom. The van der Waals surface area contributed by atoms with E-state index in [4.69, 9.17) is 0 Å². The summed E-state index contributed by atoms with van der Waals surface area (Å²) in [4.78, 5) is 34.3. The number of nitrogens with one attached hydrogen (secondary N) is 2. The quantitative estimate of drug-likeness (QED) is 0.270. The molecule has 0 radical (unpaired) electrons. The summed E-state index contributed by atoms with van der Waals surface area (Å²) in [7, 11) is 3.25. The van der Waals surface area contributed by atoms with Crippen LogP contribution in [0.15, 0.2) is 30.4 Å². The van der Waals surface area contributed by atoms with Crippen LogP contribution in [0.2, 0.25) is 0 Å². The van der Waals surface area contributed by atoms with E-state index < -0.39 is 17.9 Å². The Bertz CT molecular complexity index is 458. The molecule has 1 unspecified atom stereocenters. The second kappa shape index (κ2) is 13.2. The molecule has 1 rings (SSSR count). The summed E-state index contributed by atoms with van der Waals surface area (Å²) in [6, 6.07) is -0.679. The van der Waals surface area contributed by atoms with Crippen molar-refractivity contribution in [1.29, 1.82) is 0 Å². The van der Waals surface area contributed by atoms with Gasteiger partial charge < -0.3 is 14.8 Å². The summed E-state index contributed by atoms with van der Waals surface area (Å²) < 4.78 is 4.25. The minimum absolute atomic E-state index is 0. The number of amides is 3. The number of hydrogen-bond donors (Lipinski definition) is 2. The van der Waals surface area contributed by atoms with Crippen LogP contribution in [0.1, 0.15) is 19.8 Å². The standard InChI is InChI=1S/C13H15N2O3.C2H6O.W/c1-3-5-9(6-4-2)12(17)14-10-7-8-11(16)15-13(10)18;1-3-2;/h3-5,10H,1,7-8H2,2H3,(H,14,17)(H,15,16,18);1-2H3;/q-1;;/b9-5+;;. The first-order valence-electron chi connectivity index (χ1n) is 6.41. The third-order valence-electron chi connectivity index (χ3n) is 2.37. The van der Waals surface area contributed by atoms with Crippen molar-refractivity contribution in [3.8, 4) is 0 Å². The van der Waals surface area contributed by atoms with Gasteiger partial charge in [0.05, 0.1) is 6.04 Å². The topological polar surface area (TPSA) is 84.5 Å². The zero-order valence-electron chi connectivity index (χ0n) is 13.0. The fourth-order valence-electron chi connectivity index (χ4n) is 1.53. The number of imide groups is 1. The van der Waals surface area contributed by atoms with Crippen molar-refractivity contribution in [3.63, 3.8) is 0 Å². The number of allylic oxidation sites excluding steroid dienone is 3. The van der Waals surface area contributed by atoms with Gasteiger partial charge in [-0.05, 0) is 6.42 Å². The molecule has 2 N–H and O–H groups in total. The summed E-state index contributed by atoms with van der Waals surface area (Å²) in [5.41, 5.74) is 0.289. The molecule has 1 atom stereocenters. The van der Waals surface area contributed by atoms with Crippen LogP contribution in [0.4, 0.5) is 0 Å². The number of methoxy groups -OCH3 is 1. The molecule has 1 saturated heterocycles. The number of carbonyl (C=O) groups is 3. The number of piperidine rings is 1. The van der Waals surface area contributed by atoms with E-state index in [9.17, 15) is 14.4 Å². The largest absolute Gasteiger partial charge is 0.394 e. The molecule has 7 heteroatoms. The van der Waals surface area contributed by atoms with Crippen molar-refractivity contribution in [3.05, 3.63) is 36.5 Å². The van der Waals surface area contributed by atoms with Gasteiger partial charge >= 0.3 is 0 Å². The Hall–Kier alpha value is -1.52. The van der Waals surface area contributed by atoms with Crippen LogP contribution in [0.25, 0.3) is 0 Å². The van der Waals surface area contributed by atoms with E-state index in [0.717, 1.165) is 0 Å². The van der Waals surface area contributed by atoms with Crippen molar-refractivity contribution in [2.24, 2.45) is 0 Å². The van der Waals surface area contributed by atoms with Crippen molar-refractivity contribution >= 4 is 17.7 Å². The zero-order valence-corrected chi connectivity index (χ0v) is 15.9. The molecule has 1 heterocycles. The van der Waals surface area contributed by atoms with Gasteiger partial charge in [-0.2, -0.15) is 12.2 Å². The molecule has 0 aliphatic carbocycles. The SMILES string of the molecule is C=C/C=C(\[C-]=CC)C(=O)NC1CCC(=O)NC1=O.COC.[W]. The average molecular weight is 477 g/mol. The summed E-state index contributed by atoms with van der Waals surface area (Å²) in [5.74, 6) is -1.20. The van der Waals surface area contributed by atoms with Gasteiger partial charge in [-0.25, -0.2) is 0 Å². The summed E-state index contributed by atoms with van der Waals surface area (Å²) in [5, 5.41) is 4.73. The van der Waals surface area contributed by atoms with Gasteiger partial charge in [0.1, 0.15) is 5.91 Å². The van der Waals surface area contributed by atoms with E-state index in [0.29, 0.717) is 6.42 Å². The predicted octanol–water partition coefficient (Wildman–Crippen LogP) is 0.660. The van der Waals surface area contributed by atoms with E-state index in [1.54, 1.807) is 27.2 Å². The minimum atomic E-state index is -0.679. The molecule has 122 valence electrons. The fraction of sp³-hybridized carbons (Fsp3) is 0.400. The van der Waals surface area contributed by atoms with Gasteiger partial charge in [0, 0.05) is 41.7 Å². The first-order chi connectivity index (χ1) is 9.99. The summed E-state index contributed by atoms with van der Waals surface area (Å²) in [6.07, 6.45) is 7.86. The van der Waals surface area contributed by atoms with Crippen LogP contribution in [0.5, 0.6) is 0 Å². The predicted molar refractivity (Wildman–Crippen MR) is 79.0 cm³/mol. The van der Waals surface area contributed by atoms with Gasteiger partial charge in [-0.1, -0.05) is 6.92 Å². The van der Waals surface area contributed by atoms with Gasteiger partial charge in [-0.3, -0.25) is 14.9 Å². The Labute approximate surface area is 145 Å². The number of carbonyl (C=O) groups excluding carboxylic acids is 3. The first-order valence-corrected chi connectivity index (χ1v) is 6.41. The third kappa shape index (κ3) is 8.70. The normalized spacial score (nSPS) is 17.8. The second-order valence-corrected chi connectivity index (χ2v) is 4.13. The average Bonchev–Trinajstić information content (AvgIpc) is 2.42. The van der Waals surface area contributed by atoms with Crippen LogP contribution in [0, 0.1) is 6.08 Å². The van der Waals surface area contributed by atoms with Gasteiger partial charge in [0.2, 0.25) is 11.8 Å². The molecule has 1 fully saturated rings. The third-order valence-corrected chi connectivity index (χ3v) is 2.37. The molecular formula is C15H21N2O4W-. The minimum Gasteiger partial charge on any atom is -0.394 e. The van der Waals surface area contributed by atoms with Crippen molar-refractivity contribution in [2.45, 2.75) is 25.8 Å². The van der Waals surface area contributed by atoms with Crippen LogP contribution in [-0.4, -0.2) is 38.0 Å². The summed E-state index contributed by atoms with van der Waals surface area (Å²) in [6.45, 7) is 5.23. The molecule has 6 nitrogen and oxygen atoms in total. The van der Waals surface area contributed by atoms with Crippen LogP contribution in [0.3, 0.4) is 0 Å². The molecule has 1 aliphatic heterocycles. The molecule has 0 bridgehead atoms. The maximum atomic E-state index is 11.8. The van der Waals surface area contributed by atoms with E-state index >= 15 is 0 Å². The molecule has 0 saturated carbocycles. The molecule has 0 aromatic heterocycles. The maximum Gasteiger partial charge on any atom is 0.248 e. The van der Waals surface area contributed by atoms with Crippen molar-refractivity contribution in [1.82, 2.24) is 10.6 Å². The molecule has 1 aliphatic rings. The summed E-state index contributed by atoms with van der Waals surface area (Å²) >= 11 is 0. The Morgan fingerprint density at radius 1 is 1.45 bits per heavy atom. The van der Waals surface area contributed by atoms with Crippen LogP contribution in [-0.2, 0) is 40.2 Å². The van der Waals surface area contributed by atoms with Crippen molar-refractivity contribution < 1.29 is 40.2 Å². The van der Waals surface area contributed by atoms with Gasteiger partial charge in [-0.15, -0.1) is 24.3 Å². The monoisotopic (exact) mass is 477 g/mol. The molecule has 3 amide bonds. The Kier molecular flexibility index (Phi) is 13.6. The number of rotatable bonds is 4. The van der Waals surface area contributed by atoms with E-state index in [-0.39, 0.29) is 39.0 Å². The van der Waals surface area contributed by atoms with Crippen LogP contribution >= 0.6 is 0 Å². The zero-order chi connectivity index (χ0) is 16.3. The van der Waals surface area contributed by atoms with E-state index in [1.807, 2.05) is 0 Å². The maximum absolute atomic E-state index is 11.8. The molecular weight excluding hydrogens is 456 g/mol. The molecule has 0 aromatic rings. The van der Waals surface area contributed by atoms with Crippen molar-refractivity contribution in [2.75, 3.05) is 14.2 Å². The second-order valence-electron chi connectivity index (χ2n) is 4.13. The first kappa shape index (κ1) is 22.8. The smallest absolute Gasteiger partial charge is 0.248 e. The number of hydrogen-bond acceptors (Lipinski definition) is 4. The molecule has 0 spiro atoms. The Morgan fingerprint density at radius 2 is 2.05 bits per heavy atom. The Balaban J connectivity index is 0. The van der Waals surface area contributed by atoms with Crippen LogP contribution < -0.4 is 10.6 Å². The van der Waals surface area contributed by atoms with Gasteiger partial charge in [0.15, 0.2) is 0 Å². The van der Waals surface area contributed by atoms with E-state index in [1.165, 1.54) is 12.2 Å². The number of ether oxygens (including phenoxy) is 1.